The molecule has 8 nitrogen and oxygen atoms in total. The van der Waals surface area contributed by atoms with E-state index in [1.165, 1.54) is 12.1 Å². The van der Waals surface area contributed by atoms with E-state index in [2.05, 4.69) is 91.6 Å². The number of hydrogen-bond acceptors (Lipinski definition) is 4. The third kappa shape index (κ3) is 10.1. The van der Waals surface area contributed by atoms with Crippen LogP contribution in [0.2, 0.25) is 0 Å². The molecule has 0 saturated heterocycles. The van der Waals surface area contributed by atoms with Crippen molar-refractivity contribution in [3.8, 4) is 112 Å². The molecular weight excluding hydrogens is 1170 g/mol. The minimum Gasteiger partial charge on any atom is -0.308 e. The van der Waals surface area contributed by atoms with Gasteiger partial charge >= 0.3 is 6.18 Å². The third-order valence-corrected chi connectivity index (χ3v) is 17.6. The lowest BCUT2D eigenvalue weighted by atomic mass is 9.94. The lowest BCUT2D eigenvalue weighted by Gasteiger charge is -2.22. The molecule has 6 aromatic heterocycles. The van der Waals surface area contributed by atoms with Gasteiger partial charge in [0.25, 0.3) is 0 Å². The SMILES string of the molecule is [C-]#[N+]c1cc(-n2c3ccc(-c4ccc(-c5ccccc5)nc4)cc3c3cc(-c4ccc(-c5ccccc5)nc4)ccc32)c(-n2c3ccc(-c4ccc(-c5ccccc5)nc4)cc3c3cc(-c4ccc(-c5ccccc5)nc4)ccc32)cc1-c1c([N+]#[C-])cccc1C(F)(F)F. The van der Waals surface area contributed by atoms with Crippen LogP contribution in [0.5, 0.6) is 0 Å². The highest BCUT2D eigenvalue weighted by atomic mass is 19.4. The van der Waals surface area contributed by atoms with E-state index in [1.807, 2.05) is 195 Å². The van der Waals surface area contributed by atoms with Crippen molar-refractivity contribution in [1.82, 2.24) is 29.1 Å². The summed E-state index contributed by atoms with van der Waals surface area (Å²) in [5, 5.41) is 3.46. The Kier molecular flexibility index (Phi) is 13.9. The largest absolute Gasteiger partial charge is 0.415 e. The first-order valence-electron chi connectivity index (χ1n) is 30.5. The Morgan fingerprint density at radius 1 is 0.287 bits per heavy atom. The van der Waals surface area contributed by atoms with Crippen LogP contribution in [0.4, 0.5) is 24.5 Å². The molecule has 0 aliphatic carbocycles. The maximum absolute atomic E-state index is 15.6. The predicted octanol–water partition coefficient (Wildman–Crippen LogP) is 22.6. The second kappa shape index (κ2) is 23.2. The molecule has 0 N–H and O–H groups in total. The highest BCUT2D eigenvalue weighted by molar-refractivity contribution is 6.15. The van der Waals surface area contributed by atoms with E-state index in [-0.39, 0.29) is 22.5 Å². The van der Waals surface area contributed by atoms with Crippen molar-refractivity contribution in [3.63, 3.8) is 0 Å². The number of alkyl halides is 3. The van der Waals surface area contributed by atoms with Crippen molar-refractivity contribution in [2.24, 2.45) is 0 Å². The Morgan fingerprint density at radius 2 is 0.596 bits per heavy atom. The average Bonchev–Trinajstić information content (AvgIpc) is 1.54. The van der Waals surface area contributed by atoms with E-state index < -0.39 is 11.7 Å². The summed E-state index contributed by atoms with van der Waals surface area (Å²) in [5.74, 6) is 0. The second-order valence-corrected chi connectivity index (χ2v) is 23.1. The molecule has 0 aliphatic rings. The molecule has 442 valence electrons. The topological polar surface area (TPSA) is 70.1 Å². The molecular formula is C83H49F3N8. The number of rotatable bonds is 11. The lowest BCUT2D eigenvalue weighted by molar-refractivity contribution is -0.137. The van der Waals surface area contributed by atoms with Crippen molar-refractivity contribution < 1.29 is 13.2 Å². The zero-order valence-corrected chi connectivity index (χ0v) is 50.0. The van der Waals surface area contributed by atoms with Crippen LogP contribution in [0.25, 0.3) is 165 Å². The van der Waals surface area contributed by atoms with Crippen LogP contribution in [0.15, 0.2) is 298 Å². The first-order chi connectivity index (χ1) is 46.1. The maximum Gasteiger partial charge on any atom is 0.415 e. The minimum absolute atomic E-state index is 0.0340. The zero-order chi connectivity index (χ0) is 63.4. The maximum atomic E-state index is 15.6. The minimum atomic E-state index is -4.88. The van der Waals surface area contributed by atoms with Gasteiger partial charge in [0.1, 0.15) is 0 Å². The molecule has 0 atom stereocenters. The Bertz CT molecular complexity index is 5400. The van der Waals surface area contributed by atoms with Gasteiger partial charge in [-0.1, -0.05) is 188 Å². The van der Waals surface area contributed by atoms with Crippen molar-refractivity contribution in [1.29, 1.82) is 0 Å². The average molecular weight is 1220 g/mol. The molecule has 0 amide bonds. The highest BCUT2D eigenvalue weighted by Gasteiger charge is 2.36. The summed E-state index contributed by atoms with van der Waals surface area (Å²) in [5.41, 5.74) is 16.8. The van der Waals surface area contributed by atoms with Crippen LogP contribution in [0.1, 0.15) is 5.56 Å². The number of benzene rings is 10. The van der Waals surface area contributed by atoms with E-state index in [0.717, 1.165) is 139 Å². The summed E-state index contributed by atoms with van der Waals surface area (Å²) in [6, 6.07) is 88.4. The van der Waals surface area contributed by atoms with Crippen molar-refractivity contribution in [2.75, 3.05) is 0 Å². The summed E-state index contributed by atoms with van der Waals surface area (Å²) in [6.45, 7) is 17.2. The Hall–Kier alpha value is -12.8. The number of halogens is 3. The summed E-state index contributed by atoms with van der Waals surface area (Å²) < 4.78 is 51.0. The molecule has 16 aromatic rings. The van der Waals surface area contributed by atoms with Crippen LogP contribution in [0, 0.1) is 13.1 Å². The van der Waals surface area contributed by atoms with E-state index in [0.29, 0.717) is 11.4 Å². The molecule has 94 heavy (non-hydrogen) atoms. The molecule has 11 heteroatoms. The lowest BCUT2D eigenvalue weighted by Crippen LogP contribution is -2.08. The Balaban J connectivity index is 0.964. The summed E-state index contributed by atoms with van der Waals surface area (Å²) in [6.07, 6.45) is 2.64. The predicted molar refractivity (Wildman–Crippen MR) is 373 cm³/mol. The summed E-state index contributed by atoms with van der Waals surface area (Å²) >= 11 is 0. The molecule has 16 rings (SSSR count). The number of pyridine rings is 4. The fourth-order valence-corrected chi connectivity index (χ4v) is 13.0. The molecule has 0 fully saturated rings. The second-order valence-electron chi connectivity index (χ2n) is 23.1. The molecule has 0 unspecified atom stereocenters. The fraction of sp³-hybridized carbons (Fsp3) is 0.0120. The normalized spacial score (nSPS) is 11.5. The number of aromatic nitrogens is 6. The fourth-order valence-electron chi connectivity index (χ4n) is 13.0. The Labute approximate surface area is 538 Å². The van der Waals surface area contributed by atoms with Gasteiger partial charge in [0.15, 0.2) is 11.4 Å². The van der Waals surface area contributed by atoms with Crippen LogP contribution < -0.4 is 0 Å². The first kappa shape index (κ1) is 56.4. The monoisotopic (exact) mass is 1210 g/mol. The van der Waals surface area contributed by atoms with Gasteiger partial charge in [-0.3, -0.25) is 19.9 Å². The molecule has 0 radical (unpaired) electrons. The molecule has 6 heterocycles. The van der Waals surface area contributed by atoms with Gasteiger partial charge in [-0.15, -0.1) is 0 Å². The molecule has 10 aromatic carbocycles. The van der Waals surface area contributed by atoms with Crippen molar-refractivity contribution >= 4 is 55.0 Å². The van der Waals surface area contributed by atoms with Crippen LogP contribution in [0.3, 0.4) is 0 Å². The molecule has 0 aliphatic heterocycles. The summed E-state index contributed by atoms with van der Waals surface area (Å²) in [7, 11) is 0. The molecule has 0 saturated carbocycles. The number of hydrogen-bond donors (Lipinski definition) is 0. The third-order valence-electron chi connectivity index (χ3n) is 17.6. The van der Waals surface area contributed by atoms with Crippen molar-refractivity contribution in [3.05, 3.63) is 326 Å². The van der Waals surface area contributed by atoms with E-state index in [9.17, 15) is 0 Å². The van der Waals surface area contributed by atoms with Gasteiger partial charge in [0, 0.05) is 90.8 Å². The van der Waals surface area contributed by atoms with Gasteiger partial charge in [0.05, 0.1) is 74.9 Å². The number of fused-ring (bicyclic) bond motifs is 6. The molecule has 0 bridgehead atoms. The van der Waals surface area contributed by atoms with E-state index in [4.69, 9.17) is 33.1 Å². The van der Waals surface area contributed by atoms with Gasteiger partial charge < -0.3 is 9.13 Å². The smallest absolute Gasteiger partial charge is 0.308 e. The Morgan fingerprint density at radius 3 is 0.883 bits per heavy atom. The van der Waals surface area contributed by atoms with Crippen LogP contribution in [-0.4, -0.2) is 29.1 Å². The van der Waals surface area contributed by atoms with E-state index >= 15 is 13.2 Å². The van der Waals surface area contributed by atoms with Crippen LogP contribution >= 0.6 is 0 Å². The van der Waals surface area contributed by atoms with Gasteiger partial charge in [0.2, 0.25) is 0 Å². The van der Waals surface area contributed by atoms with E-state index in [1.54, 1.807) is 12.1 Å². The van der Waals surface area contributed by atoms with Crippen LogP contribution in [-0.2, 0) is 6.18 Å². The van der Waals surface area contributed by atoms with Crippen molar-refractivity contribution in [2.45, 2.75) is 6.18 Å². The quantitative estimate of drug-likeness (QED) is 0.121. The molecule has 0 spiro atoms. The summed E-state index contributed by atoms with van der Waals surface area (Å²) in [4.78, 5) is 27.4. The first-order valence-corrected chi connectivity index (χ1v) is 30.5. The highest BCUT2D eigenvalue weighted by Crippen LogP contribution is 2.50. The number of nitrogens with zero attached hydrogens (tertiary/aromatic N) is 8. The van der Waals surface area contributed by atoms with Gasteiger partial charge in [-0.25, -0.2) is 9.69 Å². The van der Waals surface area contributed by atoms with Gasteiger partial charge in [-0.05, 0) is 118 Å². The standard InChI is InChI=1S/C83H49F3N8/c1-87-74-25-15-24-69(83(84,85)86)82(74)68-46-80(93-76-38-30-56(60-26-34-70(89-48-60)52-16-7-3-8-17-52)42-64(76)65-43-57(31-39-77(65)93)61-27-35-71(90-49-61)53-18-9-4-10-19-53)81(47-75(68)88-2)94-78-40-32-58(62-28-36-72(91-50-62)54-20-11-5-12-21-54)44-66(78)67-45-59(33-41-79(67)94)63-29-37-73(92-51-63)55-22-13-6-14-23-55/h3-51H. The zero-order valence-electron chi connectivity index (χ0n) is 50.0. The van der Waals surface area contributed by atoms with Gasteiger partial charge in [-0.2, -0.15) is 13.2 Å².